The number of unbranched alkanes of at least 4 members (excludes halogenated alkanes) is 1. The van der Waals surface area contributed by atoms with Crippen molar-refractivity contribution in [1.29, 1.82) is 0 Å². The van der Waals surface area contributed by atoms with E-state index in [1.165, 1.54) is 44.9 Å². The molecular weight excluding hydrogens is 136 g/mol. The third-order valence-electron chi connectivity index (χ3n) is 2.44. The summed E-state index contributed by atoms with van der Waals surface area (Å²) < 4.78 is 0. The first-order valence-corrected chi connectivity index (χ1v) is 4.88. The van der Waals surface area contributed by atoms with Crippen molar-refractivity contribution in [3.8, 4) is 0 Å². The fourth-order valence-electron chi connectivity index (χ4n) is 1.79. The smallest absolute Gasteiger partial charge is 0.0319 e. The summed E-state index contributed by atoms with van der Waals surface area (Å²) in [7, 11) is 1.00. The third kappa shape index (κ3) is 5.25. The molecule has 0 aromatic heterocycles. The Morgan fingerprint density at radius 2 is 1.73 bits per heavy atom. The molecule has 1 fully saturated rings. The molecule has 0 saturated heterocycles. The summed E-state index contributed by atoms with van der Waals surface area (Å²) in [4.78, 5) is 0. The molecule has 1 saturated carbocycles. The Kier molecular flexibility index (Phi) is 8.03. The molecule has 0 aliphatic heterocycles. The van der Waals surface area contributed by atoms with Gasteiger partial charge in [0, 0.05) is 7.11 Å². The topological polar surface area (TPSA) is 20.2 Å². The molecule has 0 unspecified atom stereocenters. The number of hydrogen-bond donors (Lipinski definition) is 1. The fourth-order valence-corrected chi connectivity index (χ4v) is 1.79. The molecule has 0 atom stereocenters. The van der Waals surface area contributed by atoms with Crippen molar-refractivity contribution in [2.45, 2.75) is 51.9 Å². The van der Waals surface area contributed by atoms with Gasteiger partial charge >= 0.3 is 0 Å². The third-order valence-corrected chi connectivity index (χ3v) is 2.44. The van der Waals surface area contributed by atoms with E-state index in [4.69, 9.17) is 5.11 Å². The number of rotatable bonds is 3. The Morgan fingerprint density at radius 3 is 2.18 bits per heavy atom. The molecule has 11 heavy (non-hydrogen) atoms. The van der Waals surface area contributed by atoms with Crippen LogP contribution in [-0.2, 0) is 0 Å². The first kappa shape index (κ1) is 11.0. The summed E-state index contributed by atoms with van der Waals surface area (Å²) >= 11 is 0. The average molecular weight is 158 g/mol. The van der Waals surface area contributed by atoms with E-state index in [0.717, 1.165) is 13.0 Å². The maximum Gasteiger partial charge on any atom is 0.0319 e. The molecule has 1 aliphatic carbocycles. The van der Waals surface area contributed by atoms with Gasteiger partial charge < -0.3 is 5.11 Å². The lowest BCUT2D eigenvalue weighted by Gasteiger charge is -2.05. The maximum atomic E-state index is 7.00. The predicted octanol–water partition coefficient (Wildman–Crippen LogP) is 2.98. The van der Waals surface area contributed by atoms with Gasteiger partial charge in [-0.3, -0.25) is 0 Å². The van der Waals surface area contributed by atoms with Crippen LogP contribution in [0.4, 0.5) is 0 Å². The van der Waals surface area contributed by atoms with Gasteiger partial charge in [0.15, 0.2) is 0 Å². The summed E-state index contributed by atoms with van der Waals surface area (Å²) in [5.74, 6) is 1.12. The number of hydrogen-bond acceptors (Lipinski definition) is 1. The molecule has 0 amide bonds. The van der Waals surface area contributed by atoms with E-state index >= 15 is 0 Å². The zero-order valence-corrected chi connectivity index (χ0v) is 7.97. The maximum absolute atomic E-state index is 7.00. The van der Waals surface area contributed by atoms with Gasteiger partial charge in [-0.05, 0) is 5.92 Å². The van der Waals surface area contributed by atoms with E-state index in [1.807, 2.05) is 0 Å². The van der Waals surface area contributed by atoms with Crippen molar-refractivity contribution >= 4 is 0 Å². The molecule has 1 nitrogen and oxygen atoms in total. The minimum atomic E-state index is 1.00. The summed E-state index contributed by atoms with van der Waals surface area (Å²) in [5.41, 5.74) is 0. The van der Waals surface area contributed by atoms with Crippen molar-refractivity contribution < 1.29 is 5.11 Å². The van der Waals surface area contributed by atoms with Gasteiger partial charge in [0.05, 0.1) is 0 Å². The summed E-state index contributed by atoms with van der Waals surface area (Å²) in [6.07, 6.45) is 10.4. The van der Waals surface area contributed by atoms with Crippen molar-refractivity contribution in [1.82, 2.24) is 0 Å². The van der Waals surface area contributed by atoms with E-state index < -0.39 is 0 Å². The first-order valence-electron chi connectivity index (χ1n) is 4.88. The van der Waals surface area contributed by atoms with E-state index in [9.17, 15) is 0 Å². The molecule has 0 aromatic carbocycles. The highest BCUT2D eigenvalue weighted by Gasteiger charge is 2.13. The fraction of sp³-hybridized carbons (Fsp3) is 1.00. The van der Waals surface area contributed by atoms with Crippen molar-refractivity contribution in [2.75, 3.05) is 7.11 Å². The standard InChI is InChI=1S/C9H18.CH4O/c1-2-3-6-9-7-4-5-8-9;1-2/h9H,2-8H2,1H3;2H,1H3. The van der Waals surface area contributed by atoms with Gasteiger partial charge in [0.2, 0.25) is 0 Å². The quantitative estimate of drug-likeness (QED) is 0.669. The van der Waals surface area contributed by atoms with Gasteiger partial charge in [-0.25, -0.2) is 0 Å². The van der Waals surface area contributed by atoms with Crippen LogP contribution in [0.5, 0.6) is 0 Å². The molecule has 0 heterocycles. The van der Waals surface area contributed by atoms with Crippen LogP contribution in [0, 0.1) is 5.92 Å². The van der Waals surface area contributed by atoms with Crippen LogP contribution in [0.2, 0.25) is 0 Å². The van der Waals surface area contributed by atoms with Crippen LogP contribution in [0.15, 0.2) is 0 Å². The molecule has 0 aromatic rings. The lowest BCUT2D eigenvalue weighted by atomic mass is 10.0. The van der Waals surface area contributed by atoms with Gasteiger partial charge in [0.1, 0.15) is 0 Å². The zero-order valence-electron chi connectivity index (χ0n) is 7.97. The molecule has 1 N–H and O–H groups in total. The summed E-state index contributed by atoms with van der Waals surface area (Å²) in [6.45, 7) is 2.29. The molecule has 1 rings (SSSR count). The minimum Gasteiger partial charge on any atom is -0.400 e. The molecule has 1 aliphatic rings. The highest BCUT2D eigenvalue weighted by Crippen LogP contribution is 2.28. The van der Waals surface area contributed by atoms with Crippen LogP contribution >= 0.6 is 0 Å². The molecule has 68 valence electrons. The highest BCUT2D eigenvalue weighted by molar-refractivity contribution is 4.66. The lowest BCUT2D eigenvalue weighted by molar-refractivity contribution is 0.399. The van der Waals surface area contributed by atoms with Gasteiger partial charge in [-0.1, -0.05) is 51.9 Å². The van der Waals surface area contributed by atoms with Crippen LogP contribution in [0.3, 0.4) is 0 Å². The van der Waals surface area contributed by atoms with Crippen LogP contribution in [0.1, 0.15) is 51.9 Å². The normalized spacial score (nSPS) is 17.7. The predicted molar refractivity (Wildman–Crippen MR) is 49.6 cm³/mol. The van der Waals surface area contributed by atoms with Crippen molar-refractivity contribution in [3.63, 3.8) is 0 Å². The first-order chi connectivity index (χ1) is 5.43. The van der Waals surface area contributed by atoms with E-state index in [0.29, 0.717) is 0 Å². The van der Waals surface area contributed by atoms with Gasteiger partial charge in [-0.2, -0.15) is 0 Å². The van der Waals surface area contributed by atoms with E-state index in [-0.39, 0.29) is 0 Å². The van der Waals surface area contributed by atoms with Gasteiger partial charge in [0.25, 0.3) is 0 Å². The Bertz CT molecular complexity index is 65.3. The number of aliphatic hydroxyl groups is 1. The molecular formula is C10H22O. The molecule has 0 bridgehead atoms. The molecule has 0 radical (unpaired) electrons. The Labute approximate surface area is 70.8 Å². The van der Waals surface area contributed by atoms with Crippen LogP contribution in [-0.4, -0.2) is 12.2 Å². The highest BCUT2D eigenvalue weighted by atomic mass is 16.2. The molecule has 0 spiro atoms. The SMILES string of the molecule is CCCCC1CCCC1.CO. The summed E-state index contributed by atoms with van der Waals surface area (Å²) in [6, 6.07) is 0. The number of aliphatic hydroxyl groups excluding tert-OH is 1. The Balaban J connectivity index is 0.000000461. The van der Waals surface area contributed by atoms with Crippen molar-refractivity contribution in [2.24, 2.45) is 5.92 Å². The van der Waals surface area contributed by atoms with E-state index in [2.05, 4.69) is 6.92 Å². The van der Waals surface area contributed by atoms with Crippen LogP contribution < -0.4 is 0 Å². The minimum absolute atomic E-state index is 1.00. The Morgan fingerprint density at radius 1 is 1.18 bits per heavy atom. The lowest BCUT2D eigenvalue weighted by Crippen LogP contribution is -1.91. The van der Waals surface area contributed by atoms with E-state index in [1.54, 1.807) is 0 Å². The second kappa shape index (κ2) is 8.06. The monoisotopic (exact) mass is 158 g/mol. The van der Waals surface area contributed by atoms with Crippen LogP contribution in [0.25, 0.3) is 0 Å². The zero-order chi connectivity index (χ0) is 8.53. The van der Waals surface area contributed by atoms with Crippen molar-refractivity contribution in [3.05, 3.63) is 0 Å². The second-order valence-electron chi connectivity index (χ2n) is 3.29. The van der Waals surface area contributed by atoms with Gasteiger partial charge in [-0.15, -0.1) is 0 Å². The molecule has 1 heteroatoms. The Hall–Kier alpha value is -0.0400. The summed E-state index contributed by atoms with van der Waals surface area (Å²) in [5, 5.41) is 7.00. The second-order valence-corrected chi connectivity index (χ2v) is 3.29. The largest absolute Gasteiger partial charge is 0.400 e. The average Bonchev–Trinajstić information content (AvgIpc) is 2.57.